The minimum Gasteiger partial charge on any atom is -0.395 e. The lowest BCUT2D eigenvalue weighted by Crippen LogP contribution is -2.39. The summed E-state index contributed by atoms with van der Waals surface area (Å²) in [7, 11) is -1.39. The first-order valence-corrected chi connectivity index (χ1v) is 6.41. The summed E-state index contributed by atoms with van der Waals surface area (Å²) in [6, 6.07) is -0.188. The maximum absolute atomic E-state index is 11.1. The van der Waals surface area contributed by atoms with Gasteiger partial charge in [-0.1, -0.05) is 6.92 Å². The molecule has 5 nitrogen and oxygen atoms in total. The maximum Gasteiger partial charge on any atom is 0.151 e. The molecule has 1 atom stereocenters. The zero-order valence-electron chi connectivity index (χ0n) is 8.69. The molecule has 14 heavy (non-hydrogen) atoms. The zero-order valence-corrected chi connectivity index (χ0v) is 9.51. The highest BCUT2D eigenvalue weighted by Gasteiger charge is 2.09. The third-order valence-electron chi connectivity index (χ3n) is 1.87. The minimum absolute atomic E-state index is 0.0555. The van der Waals surface area contributed by atoms with Gasteiger partial charge in [-0.15, -0.1) is 0 Å². The Hall–Kier alpha value is -0.170. The van der Waals surface area contributed by atoms with Gasteiger partial charge in [0.25, 0.3) is 0 Å². The predicted molar refractivity (Wildman–Crippen MR) is 55.1 cm³/mol. The van der Waals surface area contributed by atoms with E-state index in [-0.39, 0.29) is 24.2 Å². The molecule has 6 heteroatoms. The molecule has 2 N–H and O–H groups in total. The average molecular weight is 225 g/mol. The maximum atomic E-state index is 11.1. The highest BCUT2D eigenvalue weighted by Crippen LogP contribution is 1.89. The van der Waals surface area contributed by atoms with Gasteiger partial charge in [0.2, 0.25) is 0 Å². The van der Waals surface area contributed by atoms with Gasteiger partial charge in [-0.3, -0.25) is 0 Å². The van der Waals surface area contributed by atoms with E-state index >= 15 is 0 Å². The molecular weight excluding hydrogens is 206 g/mol. The molecule has 0 aliphatic heterocycles. The zero-order chi connectivity index (χ0) is 11.0. The van der Waals surface area contributed by atoms with Crippen molar-refractivity contribution >= 4 is 9.84 Å². The van der Waals surface area contributed by atoms with Gasteiger partial charge < -0.3 is 15.2 Å². The van der Waals surface area contributed by atoms with E-state index in [0.29, 0.717) is 13.2 Å². The van der Waals surface area contributed by atoms with Crippen molar-refractivity contribution in [2.45, 2.75) is 13.0 Å². The first-order valence-electron chi connectivity index (χ1n) is 4.59. The minimum atomic E-state index is -2.92. The molecule has 0 bridgehead atoms. The molecule has 0 aliphatic carbocycles. The van der Waals surface area contributed by atoms with Gasteiger partial charge in [-0.25, -0.2) is 8.42 Å². The fraction of sp³-hybridized carbons (Fsp3) is 1.00. The third kappa shape index (κ3) is 6.31. The molecule has 0 aromatic heterocycles. The third-order valence-corrected chi connectivity index (χ3v) is 3.58. The largest absolute Gasteiger partial charge is 0.395 e. The molecular formula is C8H19NO4S. The van der Waals surface area contributed by atoms with Crippen LogP contribution in [-0.2, 0) is 14.6 Å². The van der Waals surface area contributed by atoms with Crippen molar-refractivity contribution in [1.29, 1.82) is 0 Å². The van der Waals surface area contributed by atoms with Gasteiger partial charge in [0.05, 0.1) is 25.0 Å². The van der Waals surface area contributed by atoms with E-state index < -0.39 is 9.84 Å². The SMILES string of the molecule is CCS(=O)(=O)CCNC(CO)COC. The molecule has 0 amide bonds. The first-order chi connectivity index (χ1) is 6.55. The van der Waals surface area contributed by atoms with Crippen LogP contribution in [0.2, 0.25) is 0 Å². The van der Waals surface area contributed by atoms with Crippen LogP contribution in [0.15, 0.2) is 0 Å². The van der Waals surface area contributed by atoms with Crippen LogP contribution in [0.25, 0.3) is 0 Å². The standard InChI is InChI=1S/C8H19NO4S/c1-3-14(11,12)5-4-9-8(6-10)7-13-2/h8-10H,3-7H2,1-2H3. The second-order valence-electron chi connectivity index (χ2n) is 3.03. The molecule has 1 unspecified atom stereocenters. The second kappa shape index (κ2) is 7.17. The van der Waals surface area contributed by atoms with Crippen LogP contribution in [0.1, 0.15) is 6.92 Å². The van der Waals surface area contributed by atoms with Crippen LogP contribution in [0, 0.1) is 0 Å². The monoisotopic (exact) mass is 225 g/mol. The Morgan fingerprint density at radius 3 is 2.57 bits per heavy atom. The molecule has 0 aliphatic rings. The Labute approximate surface area is 85.4 Å². The van der Waals surface area contributed by atoms with E-state index in [4.69, 9.17) is 9.84 Å². The summed E-state index contributed by atoms with van der Waals surface area (Å²) in [6.45, 7) is 2.29. The molecule has 0 aromatic rings. The van der Waals surface area contributed by atoms with Crippen LogP contribution in [-0.4, -0.2) is 57.9 Å². The number of aliphatic hydroxyl groups excluding tert-OH is 1. The van der Waals surface area contributed by atoms with Gasteiger partial charge in [0.15, 0.2) is 9.84 Å². The quantitative estimate of drug-likeness (QED) is 0.555. The van der Waals surface area contributed by atoms with Crippen molar-refractivity contribution in [3.05, 3.63) is 0 Å². The summed E-state index contributed by atoms with van der Waals surface area (Å²) in [6.07, 6.45) is 0. The Morgan fingerprint density at radius 1 is 1.50 bits per heavy atom. The normalized spacial score (nSPS) is 14.2. The molecule has 0 aromatic carbocycles. The summed E-state index contributed by atoms with van der Waals surface area (Å²) in [5.41, 5.74) is 0. The molecule has 0 fully saturated rings. The van der Waals surface area contributed by atoms with Crippen molar-refractivity contribution in [1.82, 2.24) is 5.32 Å². The fourth-order valence-electron chi connectivity index (χ4n) is 0.940. The predicted octanol–water partition coefficient (Wildman–Crippen LogP) is -0.982. The highest BCUT2D eigenvalue weighted by molar-refractivity contribution is 7.91. The number of ether oxygens (including phenoxy) is 1. The lowest BCUT2D eigenvalue weighted by atomic mass is 10.3. The van der Waals surface area contributed by atoms with Gasteiger partial charge in [0, 0.05) is 19.4 Å². The first kappa shape index (κ1) is 13.8. The van der Waals surface area contributed by atoms with Crippen molar-refractivity contribution in [2.75, 3.05) is 38.4 Å². The summed E-state index contributed by atoms with van der Waals surface area (Å²) in [5.74, 6) is 0.256. The van der Waals surface area contributed by atoms with Gasteiger partial charge in [-0.2, -0.15) is 0 Å². The molecule has 0 spiro atoms. The Morgan fingerprint density at radius 2 is 2.14 bits per heavy atom. The number of aliphatic hydroxyl groups is 1. The summed E-state index contributed by atoms with van der Waals surface area (Å²) < 4.78 is 27.0. The lowest BCUT2D eigenvalue weighted by molar-refractivity contribution is 0.130. The van der Waals surface area contributed by atoms with E-state index in [1.54, 1.807) is 6.92 Å². The second-order valence-corrected chi connectivity index (χ2v) is 5.50. The van der Waals surface area contributed by atoms with E-state index in [1.807, 2.05) is 0 Å². The Bertz CT molecular complexity index is 227. The van der Waals surface area contributed by atoms with E-state index in [2.05, 4.69) is 5.32 Å². The fourth-order valence-corrected chi connectivity index (χ4v) is 1.66. The van der Waals surface area contributed by atoms with E-state index in [0.717, 1.165) is 0 Å². The number of hydrogen-bond acceptors (Lipinski definition) is 5. The van der Waals surface area contributed by atoms with E-state index in [1.165, 1.54) is 7.11 Å². The van der Waals surface area contributed by atoms with Crippen LogP contribution in [0.5, 0.6) is 0 Å². The van der Waals surface area contributed by atoms with Crippen LogP contribution >= 0.6 is 0 Å². The molecule has 0 radical (unpaired) electrons. The molecule has 0 heterocycles. The summed E-state index contributed by atoms with van der Waals surface area (Å²) in [4.78, 5) is 0. The molecule has 0 saturated carbocycles. The van der Waals surface area contributed by atoms with Crippen molar-refractivity contribution < 1.29 is 18.3 Å². The smallest absolute Gasteiger partial charge is 0.151 e. The van der Waals surface area contributed by atoms with Crippen LogP contribution < -0.4 is 5.32 Å². The number of hydrogen-bond donors (Lipinski definition) is 2. The molecule has 86 valence electrons. The van der Waals surface area contributed by atoms with Crippen molar-refractivity contribution in [3.63, 3.8) is 0 Å². The van der Waals surface area contributed by atoms with Crippen molar-refractivity contribution in [2.24, 2.45) is 0 Å². The number of methoxy groups -OCH3 is 1. The van der Waals surface area contributed by atoms with E-state index in [9.17, 15) is 8.42 Å². The highest BCUT2D eigenvalue weighted by atomic mass is 32.2. The number of rotatable bonds is 8. The Balaban J connectivity index is 3.71. The summed E-state index contributed by atoms with van der Waals surface area (Å²) >= 11 is 0. The van der Waals surface area contributed by atoms with Gasteiger partial charge >= 0.3 is 0 Å². The van der Waals surface area contributed by atoms with Gasteiger partial charge in [0.1, 0.15) is 0 Å². The van der Waals surface area contributed by atoms with Crippen LogP contribution in [0.4, 0.5) is 0 Å². The van der Waals surface area contributed by atoms with Crippen LogP contribution in [0.3, 0.4) is 0 Å². The molecule has 0 rings (SSSR count). The lowest BCUT2D eigenvalue weighted by Gasteiger charge is -2.14. The summed E-state index contributed by atoms with van der Waals surface area (Å²) in [5, 5.41) is 11.8. The van der Waals surface area contributed by atoms with Gasteiger partial charge in [-0.05, 0) is 0 Å². The topological polar surface area (TPSA) is 75.6 Å². The average Bonchev–Trinajstić information content (AvgIpc) is 2.16. The number of nitrogens with one attached hydrogen (secondary N) is 1. The number of sulfone groups is 1. The Kier molecular flexibility index (Phi) is 7.08. The molecule has 0 saturated heterocycles. The van der Waals surface area contributed by atoms with Crippen molar-refractivity contribution in [3.8, 4) is 0 Å².